The van der Waals surface area contributed by atoms with Gasteiger partial charge >= 0.3 is 6.03 Å². The third-order valence-electron chi connectivity index (χ3n) is 3.79. The zero-order valence-electron chi connectivity index (χ0n) is 12.9. The van der Waals surface area contributed by atoms with Gasteiger partial charge in [0.15, 0.2) is 0 Å². The number of nitrogens with one attached hydrogen (secondary N) is 2. The van der Waals surface area contributed by atoms with Crippen molar-refractivity contribution in [2.75, 3.05) is 5.32 Å². The van der Waals surface area contributed by atoms with E-state index in [1.54, 1.807) is 6.07 Å². The van der Waals surface area contributed by atoms with E-state index in [4.69, 9.17) is 6.42 Å². The number of rotatable bonds is 4. The number of terminal acetylenes is 1. The van der Waals surface area contributed by atoms with Crippen molar-refractivity contribution in [2.24, 2.45) is 0 Å². The lowest BCUT2D eigenvalue weighted by atomic mass is 9.89. The predicted octanol–water partition coefficient (Wildman–Crippen LogP) is 4.11. The van der Waals surface area contributed by atoms with E-state index in [2.05, 4.69) is 16.6 Å². The summed E-state index contributed by atoms with van der Waals surface area (Å²) in [5, 5.41) is 5.87. The van der Waals surface area contributed by atoms with Crippen LogP contribution < -0.4 is 10.6 Å². The molecule has 0 fully saturated rings. The predicted molar refractivity (Wildman–Crippen MR) is 90.6 cm³/mol. The second kappa shape index (κ2) is 6.82. The van der Waals surface area contributed by atoms with Crippen molar-refractivity contribution in [1.29, 1.82) is 0 Å². The Morgan fingerprint density at radius 3 is 2.55 bits per heavy atom. The van der Waals surface area contributed by atoms with Crippen molar-refractivity contribution in [3.8, 4) is 12.3 Å². The molecule has 0 aromatic heterocycles. The lowest BCUT2D eigenvalue weighted by Crippen LogP contribution is -2.45. The van der Waals surface area contributed by atoms with Crippen LogP contribution in [0.5, 0.6) is 0 Å². The highest BCUT2D eigenvalue weighted by Crippen LogP contribution is 2.24. The summed E-state index contributed by atoms with van der Waals surface area (Å²) in [6.07, 6.45) is 6.16. The third-order valence-corrected chi connectivity index (χ3v) is 3.79. The first-order valence-electron chi connectivity index (χ1n) is 7.29. The molecule has 0 aliphatic heterocycles. The molecule has 2 N–H and O–H groups in total. The number of benzene rings is 2. The standard InChI is InChI=1S/C19H20N2O/c1-4-15-10-9-13-17(14-15)20-18(22)21-19(3,5-2)16-11-7-6-8-12-16/h1,6-14H,5H2,2-3H3,(H2,20,21,22)/t19-/m1/s1. The SMILES string of the molecule is C#Cc1cccc(NC(=O)N[C@](C)(CC)c2ccccc2)c1. The van der Waals surface area contributed by atoms with Crippen molar-refractivity contribution < 1.29 is 4.79 Å². The molecule has 0 saturated carbocycles. The Morgan fingerprint density at radius 2 is 1.91 bits per heavy atom. The van der Waals surface area contributed by atoms with E-state index in [-0.39, 0.29) is 6.03 Å². The number of carbonyl (C=O) groups is 1. The number of hydrogen-bond donors (Lipinski definition) is 2. The van der Waals surface area contributed by atoms with Crippen molar-refractivity contribution >= 4 is 11.7 Å². The summed E-state index contributed by atoms with van der Waals surface area (Å²) < 4.78 is 0. The summed E-state index contributed by atoms with van der Waals surface area (Å²) in [5.41, 5.74) is 2.07. The van der Waals surface area contributed by atoms with E-state index in [1.165, 1.54) is 0 Å². The van der Waals surface area contributed by atoms with Gasteiger partial charge in [-0.3, -0.25) is 0 Å². The number of anilines is 1. The molecule has 0 spiro atoms. The first-order chi connectivity index (χ1) is 10.6. The molecule has 0 aliphatic carbocycles. The molecule has 1 atom stereocenters. The van der Waals surface area contributed by atoms with Gasteiger partial charge in [-0.2, -0.15) is 0 Å². The molecule has 22 heavy (non-hydrogen) atoms. The largest absolute Gasteiger partial charge is 0.329 e. The molecule has 3 heteroatoms. The topological polar surface area (TPSA) is 41.1 Å². The maximum Gasteiger partial charge on any atom is 0.319 e. The Labute approximate surface area is 131 Å². The van der Waals surface area contributed by atoms with Crippen molar-refractivity contribution in [2.45, 2.75) is 25.8 Å². The Kier molecular flexibility index (Phi) is 4.85. The van der Waals surface area contributed by atoms with Gasteiger partial charge in [0.1, 0.15) is 0 Å². The summed E-state index contributed by atoms with van der Waals surface area (Å²) in [5.74, 6) is 2.55. The van der Waals surface area contributed by atoms with E-state index in [0.717, 1.165) is 17.5 Å². The summed E-state index contributed by atoms with van der Waals surface area (Å²) in [6.45, 7) is 4.06. The smallest absolute Gasteiger partial charge is 0.319 e. The molecule has 0 aliphatic rings. The molecule has 0 radical (unpaired) electrons. The molecule has 112 valence electrons. The number of amides is 2. The fourth-order valence-electron chi connectivity index (χ4n) is 2.27. The van der Waals surface area contributed by atoms with Crippen molar-refractivity contribution in [3.05, 3.63) is 65.7 Å². The molecule has 0 heterocycles. The van der Waals surface area contributed by atoms with Gasteiger partial charge in [-0.1, -0.05) is 49.2 Å². The van der Waals surface area contributed by atoms with Crippen LogP contribution >= 0.6 is 0 Å². The highest BCUT2D eigenvalue weighted by atomic mass is 16.2. The number of urea groups is 1. The van der Waals surface area contributed by atoms with Gasteiger partial charge in [0.05, 0.1) is 5.54 Å². The molecule has 2 rings (SSSR count). The van der Waals surface area contributed by atoms with Crippen LogP contribution in [0.2, 0.25) is 0 Å². The molecule has 2 aromatic rings. The van der Waals surface area contributed by atoms with Gasteiger partial charge < -0.3 is 10.6 Å². The van der Waals surface area contributed by atoms with Gasteiger partial charge in [-0.05, 0) is 37.1 Å². The third kappa shape index (κ3) is 3.67. The van der Waals surface area contributed by atoms with Crippen LogP contribution in [-0.2, 0) is 5.54 Å². The van der Waals surface area contributed by atoms with Crippen LogP contribution in [0.4, 0.5) is 10.5 Å². The van der Waals surface area contributed by atoms with Gasteiger partial charge in [-0.25, -0.2) is 4.79 Å². The van der Waals surface area contributed by atoms with E-state index < -0.39 is 5.54 Å². The average Bonchev–Trinajstić information content (AvgIpc) is 2.55. The average molecular weight is 292 g/mol. The Morgan fingerprint density at radius 1 is 1.18 bits per heavy atom. The Hall–Kier alpha value is -2.73. The minimum absolute atomic E-state index is 0.248. The lowest BCUT2D eigenvalue weighted by Gasteiger charge is -2.30. The molecule has 0 saturated heterocycles. The second-order valence-corrected chi connectivity index (χ2v) is 5.36. The summed E-state index contributed by atoms with van der Waals surface area (Å²) in [4.78, 5) is 12.3. The monoisotopic (exact) mass is 292 g/mol. The highest BCUT2D eigenvalue weighted by molar-refractivity contribution is 5.90. The molecule has 3 nitrogen and oxygen atoms in total. The van der Waals surface area contributed by atoms with Crippen LogP contribution in [-0.4, -0.2) is 6.03 Å². The molecular formula is C19H20N2O. The maximum absolute atomic E-state index is 12.3. The quantitative estimate of drug-likeness (QED) is 0.818. The molecule has 2 aromatic carbocycles. The van der Waals surface area contributed by atoms with Gasteiger partial charge in [0.2, 0.25) is 0 Å². The van der Waals surface area contributed by atoms with Gasteiger partial charge in [0.25, 0.3) is 0 Å². The highest BCUT2D eigenvalue weighted by Gasteiger charge is 2.26. The fourth-order valence-corrected chi connectivity index (χ4v) is 2.27. The minimum atomic E-state index is -0.422. The minimum Gasteiger partial charge on any atom is -0.329 e. The Balaban J connectivity index is 2.11. The van der Waals surface area contributed by atoms with Crippen LogP contribution in [0.15, 0.2) is 54.6 Å². The van der Waals surface area contributed by atoms with Crippen LogP contribution in [0, 0.1) is 12.3 Å². The van der Waals surface area contributed by atoms with Crippen LogP contribution in [0.25, 0.3) is 0 Å². The van der Waals surface area contributed by atoms with E-state index >= 15 is 0 Å². The normalized spacial score (nSPS) is 12.8. The molecule has 2 amide bonds. The number of carbonyl (C=O) groups excluding carboxylic acids is 1. The van der Waals surface area contributed by atoms with E-state index in [9.17, 15) is 4.79 Å². The summed E-state index contributed by atoms with van der Waals surface area (Å²) >= 11 is 0. The Bertz CT molecular complexity index is 688. The van der Waals surface area contributed by atoms with Crippen molar-refractivity contribution in [3.63, 3.8) is 0 Å². The zero-order valence-corrected chi connectivity index (χ0v) is 12.9. The van der Waals surface area contributed by atoms with E-state index in [1.807, 2.05) is 62.4 Å². The molecular weight excluding hydrogens is 272 g/mol. The molecule has 0 bridgehead atoms. The van der Waals surface area contributed by atoms with Gasteiger partial charge in [0, 0.05) is 11.3 Å². The maximum atomic E-state index is 12.3. The number of hydrogen-bond acceptors (Lipinski definition) is 1. The summed E-state index contributed by atoms with van der Waals surface area (Å²) in [6, 6.07) is 16.9. The van der Waals surface area contributed by atoms with Gasteiger partial charge in [-0.15, -0.1) is 6.42 Å². The molecule has 0 unspecified atom stereocenters. The second-order valence-electron chi connectivity index (χ2n) is 5.36. The zero-order chi connectivity index (χ0) is 16.0. The van der Waals surface area contributed by atoms with E-state index in [0.29, 0.717) is 5.69 Å². The van der Waals surface area contributed by atoms with Crippen LogP contribution in [0.1, 0.15) is 31.4 Å². The lowest BCUT2D eigenvalue weighted by molar-refractivity contribution is 0.238. The van der Waals surface area contributed by atoms with Crippen LogP contribution in [0.3, 0.4) is 0 Å². The fraction of sp³-hybridized carbons (Fsp3) is 0.211. The first kappa shape index (κ1) is 15.7. The van der Waals surface area contributed by atoms with Crippen molar-refractivity contribution in [1.82, 2.24) is 5.32 Å². The summed E-state index contributed by atoms with van der Waals surface area (Å²) in [7, 11) is 0. The first-order valence-corrected chi connectivity index (χ1v) is 7.29.